The zero-order chi connectivity index (χ0) is 22.8. The van der Waals surface area contributed by atoms with Crippen molar-refractivity contribution in [2.75, 3.05) is 5.32 Å². The first-order chi connectivity index (χ1) is 15.3. The lowest BCUT2D eigenvalue weighted by molar-refractivity contribution is 0.102. The number of carbonyl (C=O) groups excluding carboxylic acids is 2. The summed E-state index contributed by atoms with van der Waals surface area (Å²) in [6, 6.07) is 7.20. The van der Waals surface area contributed by atoms with Crippen LogP contribution in [-0.4, -0.2) is 21.7 Å². The van der Waals surface area contributed by atoms with Gasteiger partial charge in [0.25, 0.3) is 5.91 Å². The highest BCUT2D eigenvalue weighted by Crippen LogP contribution is 2.36. The Balaban J connectivity index is 1.47. The summed E-state index contributed by atoms with van der Waals surface area (Å²) in [5.41, 5.74) is 2.13. The second kappa shape index (κ2) is 8.96. The van der Waals surface area contributed by atoms with Crippen molar-refractivity contribution in [3.05, 3.63) is 81.6 Å². The maximum Gasteiger partial charge on any atom is 0.315 e. The zero-order valence-corrected chi connectivity index (χ0v) is 17.8. The number of urea groups is 1. The molecule has 0 saturated heterocycles. The molecule has 166 valence electrons. The zero-order valence-electron chi connectivity index (χ0n) is 17.1. The van der Waals surface area contributed by atoms with Gasteiger partial charge in [0.2, 0.25) is 0 Å². The molecule has 3 amide bonds. The Bertz CT molecular complexity index is 1200. The highest BCUT2D eigenvalue weighted by atomic mass is 35.5. The third-order valence-electron chi connectivity index (χ3n) is 5.26. The average Bonchev–Trinajstić information content (AvgIpc) is 3.36. The van der Waals surface area contributed by atoms with E-state index in [1.54, 1.807) is 24.0 Å². The Morgan fingerprint density at radius 3 is 2.69 bits per heavy atom. The van der Waals surface area contributed by atoms with Crippen LogP contribution in [0.2, 0.25) is 5.02 Å². The smallest absolute Gasteiger partial charge is 0.315 e. The summed E-state index contributed by atoms with van der Waals surface area (Å²) in [6.07, 6.45) is 2.64. The van der Waals surface area contributed by atoms with Gasteiger partial charge >= 0.3 is 6.03 Å². The van der Waals surface area contributed by atoms with Crippen molar-refractivity contribution in [2.45, 2.75) is 25.4 Å². The Morgan fingerprint density at radius 1 is 1.19 bits per heavy atom. The number of aryl methyl sites for hydroxylation is 1. The van der Waals surface area contributed by atoms with Crippen LogP contribution in [0.4, 0.5) is 19.3 Å². The molecule has 1 unspecified atom stereocenters. The molecular weight excluding hydrogens is 440 g/mol. The van der Waals surface area contributed by atoms with E-state index in [0.717, 1.165) is 6.07 Å². The van der Waals surface area contributed by atoms with Crippen molar-refractivity contribution in [3.8, 4) is 0 Å². The van der Waals surface area contributed by atoms with E-state index in [4.69, 9.17) is 11.6 Å². The molecule has 32 heavy (non-hydrogen) atoms. The maximum atomic E-state index is 14.6. The number of anilines is 1. The highest BCUT2D eigenvalue weighted by molar-refractivity contribution is 6.31. The van der Waals surface area contributed by atoms with Gasteiger partial charge in [0.05, 0.1) is 23.3 Å². The first-order valence-electron chi connectivity index (χ1n) is 9.92. The quantitative estimate of drug-likeness (QED) is 0.537. The van der Waals surface area contributed by atoms with Crippen LogP contribution >= 0.6 is 11.6 Å². The van der Waals surface area contributed by atoms with Crippen molar-refractivity contribution in [3.63, 3.8) is 0 Å². The number of aromatic nitrogens is 2. The number of hydrogen-bond donors (Lipinski definition) is 3. The van der Waals surface area contributed by atoms with Crippen molar-refractivity contribution in [2.24, 2.45) is 7.05 Å². The average molecular weight is 460 g/mol. The van der Waals surface area contributed by atoms with Gasteiger partial charge in [-0.05, 0) is 54.8 Å². The topological polar surface area (TPSA) is 88.0 Å². The molecule has 1 atom stereocenters. The van der Waals surface area contributed by atoms with Gasteiger partial charge in [-0.1, -0.05) is 11.6 Å². The van der Waals surface area contributed by atoms with Crippen LogP contribution in [0.15, 0.2) is 42.6 Å². The molecule has 4 rings (SSSR count). The molecule has 0 bridgehead atoms. The first kappa shape index (κ1) is 21.8. The fraction of sp³-hybridized carbons (Fsp3) is 0.227. The normalized spacial score (nSPS) is 14.7. The molecule has 0 aliphatic heterocycles. The molecule has 0 radical (unpaired) electrons. The van der Waals surface area contributed by atoms with Crippen molar-refractivity contribution >= 4 is 29.2 Å². The molecule has 3 aromatic rings. The second-order valence-electron chi connectivity index (χ2n) is 7.47. The van der Waals surface area contributed by atoms with E-state index < -0.39 is 29.6 Å². The number of halogens is 3. The minimum absolute atomic E-state index is 0.117. The van der Waals surface area contributed by atoms with E-state index in [0.29, 0.717) is 40.9 Å². The Labute approximate surface area is 187 Å². The van der Waals surface area contributed by atoms with Crippen LogP contribution in [0.1, 0.15) is 39.6 Å². The molecule has 0 fully saturated rings. The van der Waals surface area contributed by atoms with E-state index in [1.807, 2.05) is 0 Å². The minimum Gasteiger partial charge on any atom is -0.332 e. The summed E-state index contributed by atoms with van der Waals surface area (Å²) < 4.78 is 29.6. The van der Waals surface area contributed by atoms with Crippen LogP contribution in [0.3, 0.4) is 0 Å². The number of amides is 3. The number of nitrogens with zero attached hydrogens (tertiary/aromatic N) is 2. The molecule has 1 aliphatic carbocycles. The lowest BCUT2D eigenvalue weighted by Crippen LogP contribution is -2.37. The predicted octanol–water partition coefficient (Wildman–Crippen LogP) is 4.09. The van der Waals surface area contributed by atoms with Gasteiger partial charge in [-0.15, -0.1) is 0 Å². The lowest BCUT2D eigenvalue weighted by atomic mass is 10.0. The molecule has 10 heteroatoms. The summed E-state index contributed by atoms with van der Waals surface area (Å²) in [5.74, 6) is -1.55. The number of benzene rings is 2. The molecule has 1 aliphatic rings. The Hall–Kier alpha value is -3.46. The van der Waals surface area contributed by atoms with Crippen molar-refractivity contribution < 1.29 is 18.4 Å². The van der Waals surface area contributed by atoms with Crippen LogP contribution in [0.25, 0.3) is 0 Å². The number of carbonyl (C=O) groups is 2. The van der Waals surface area contributed by atoms with Gasteiger partial charge in [-0.2, -0.15) is 5.10 Å². The summed E-state index contributed by atoms with van der Waals surface area (Å²) in [5, 5.41) is 12.2. The maximum absolute atomic E-state index is 14.6. The van der Waals surface area contributed by atoms with Crippen LogP contribution < -0.4 is 16.0 Å². The van der Waals surface area contributed by atoms with Gasteiger partial charge in [0, 0.05) is 30.1 Å². The van der Waals surface area contributed by atoms with Crippen LogP contribution in [-0.2, 0) is 20.0 Å². The standard InChI is InChI=1S/C22H20ClF2N5O2/c1-30-9-8-13(29-30)11-26-22(32)28-19-7-4-14-15(3-6-18(25)20(14)19)21(31)27-12-2-5-17(24)16(23)10-12/h2-3,5-6,8-10,19H,4,7,11H2,1H3,(H,27,31)(H2,26,28,32). The molecule has 1 aromatic heterocycles. The van der Waals surface area contributed by atoms with Gasteiger partial charge in [0.15, 0.2) is 0 Å². The molecule has 0 saturated carbocycles. The van der Waals surface area contributed by atoms with E-state index in [1.165, 1.54) is 24.3 Å². The molecule has 7 nitrogen and oxygen atoms in total. The fourth-order valence-electron chi connectivity index (χ4n) is 3.78. The summed E-state index contributed by atoms with van der Waals surface area (Å²) in [7, 11) is 1.78. The number of rotatable bonds is 5. The monoisotopic (exact) mass is 459 g/mol. The molecule has 2 aromatic carbocycles. The third-order valence-corrected chi connectivity index (χ3v) is 5.55. The lowest BCUT2D eigenvalue weighted by Gasteiger charge is -2.16. The van der Waals surface area contributed by atoms with Gasteiger partial charge < -0.3 is 16.0 Å². The molecular formula is C22H20ClF2N5O2. The van der Waals surface area contributed by atoms with Crippen molar-refractivity contribution in [1.29, 1.82) is 0 Å². The highest BCUT2D eigenvalue weighted by Gasteiger charge is 2.31. The first-order valence-corrected chi connectivity index (χ1v) is 10.3. The van der Waals surface area contributed by atoms with Gasteiger partial charge in [0.1, 0.15) is 11.6 Å². The number of nitrogens with one attached hydrogen (secondary N) is 3. The van der Waals surface area contributed by atoms with Crippen molar-refractivity contribution in [1.82, 2.24) is 20.4 Å². The van der Waals surface area contributed by atoms with Crippen LogP contribution in [0.5, 0.6) is 0 Å². The summed E-state index contributed by atoms with van der Waals surface area (Å²) in [4.78, 5) is 25.1. The largest absolute Gasteiger partial charge is 0.332 e. The minimum atomic E-state index is -0.595. The predicted molar refractivity (Wildman–Crippen MR) is 115 cm³/mol. The number of hydrogen-bond acceptors (Lipinski definition) is 3. The van der Waals surface area contributed by atoms with E-state index in [9.17, 15) is 18.4 Å². The van der Waals surface area contributed by atoms with Gasteiger partial charge in [-0.25, -0.2) is 13.6 Å². The van der Waals surface area contributed by atoms with E-state index in [-0.39, 0.29) is 11.6 Å². The van der Waals surface area contributed by atoms with Crippen LogP contribution in [0, 0.1) is 11.6 Å². The summed E-state index contributed by atoms with van der Waals surface area (Å²) in [6.45, 7) is 0.234. The summed E-state index contributed by atoms with van der Waals surface area (Å²) >= 11 is 5.76. The van der Waals surface area contributed by atoms with E-state index in [2.05, 4.69) is 21.0 Å². The SMILES string of the molecule is Cn1ccc(CNC(=O)NC2CCc3c(C(=O)Nc4ccc(F)c(Cl)c4)ccc(F)c32)n1. The molecule has 0 spiro atoms. The molecule has 1 heterocycles. The van der Waals surface area contributed by atoms with Gasteiger partial charge in [-0.3, -0.25) is 9.48 Å². The fourth-order valence-corrected chi connectivity index (χ4v) is 3.96. The Kier molecular flexibility index (Phi) is 6.09. The number of fused-ring (bicyclic) bond motifs is 1. The van der Waals surface area contributed by atoms with E-state index >= 15 is 0 Å². The third kappa shape index (κ3) is 4.57. The Morgan fingerprint density at radius 2 is 1.97 bits per heavy atom. The molecule has 3 N–H and O–H groups in total. The second-order valence-corrected chi connectivity index (χ2v) is 7.88.